The van der Waals surface area contributed by atoms with Crippen LogP contribution >= 0.6 is 0 Å². The highest BCUT2D eigenvalue weighted by atomic mass is 16.1. The second-order valence-electron chi connectivity index (χ2n) is 9.47. The third kappa shape index (κ3) is 3.20. The average Bonchev–Trinajstić information content (AvgIpc) is 3.61. The Labute approximate surface area is 201 Å². The number of carbonyl (C=O) groups is 1. The molecule has 0 unspecified atom stereocenters. The Balaban J connectivity index is 1.47. The number of pyridine rings is 1. The minimum atomic E-state index is 0.0300. The first-order valence-electron chi connectivity index (χ1n) is 12.0. The maximum atomic E-state index is 11.5. The number of ketones is 1. The predicted molar refractivity (Wildman–Crippen MR) is 134 cm³/mol. The van der Waals surface area contributed by atoms with Crippen LogP contribution in [0.1, 0.15) is 42.0 Å². The lowest BCUT2D eigenvalue weighted by molar-refractivity contribution is -0.117. The molecule has 1 N–H and O–H groups in total. The summed E-state index contributed by atoms with van der Waals surface area (Å²) in [7, 11) is 0. The van der Waals surface area contributed by atoms with Gasteiger partial charge in [0.25, 0.3) is 0 Å². The van der Waals surface area contributed by atoms with Crippen molar-refractivity contribution in [2.24, 2.45) is 4.99 Å². The molecule has 0 saturated heterocycles. The second kappa shape index (κ2) is 7.66. The first-order valence-corrected chi connectivity index (χ1v) is 12.0. The summed E-state index contributed by atoms with van der Waals surface area (Å²) in [4.78, 5) is 21.2. The monoisotopic (exact) mass is 461 g/mol. The van der Waals surface area contributed by atoms with E-state index in [1.807, 2.05) is 12.3 Å². The molecule has 5 aromatic rings. The van der Waals surface area contributed by atoms with Crippen molar-refractivity contribution in [2.75, 3.05) is 0 Å². The number of H-pyrrole nitrogens is 1. The molecule has 4 heterocycles. The van der Waals surface area contributed by atoms with Gasteiger partial charge in [-0.1, -0.05) is 17.3 Å². The number of rotatable bonds is 4. The first-order chi connectivity index (χ1) is 17.2. The number of aromatic nitrogens is 6. The van der Waals surface area contributed by atoms with Crippen molar-refractivity contribution in [2.45, 2.75) is 45.7 Å². The molecule has 0 saturated carbocycles. The van der Waals surface area contributed by atoms with Gasteiger partial charge in [0.2, 0.25) is 0 Å². The molecule has 3 aromatic heterocycles. The zero-order valence-corrected chi connectivity index (χ0v) is 19.4. The third-order valence-electron chi connectivity index (χ3n) is 7.07. The van der Waals surface area contributed by atoms with Crippen LogP contribution in [0.3, 0.4) is 0 Å². The van der Waals surface area contributed by atoms with E-state index in [2.05, 4.69) is 49.8 Å². The van der Waals surface area contributed by atoms with Crippen molar-refractivity contribution >= 4 is 33.8 Å². The third-order valence-corrected chi connectivity index (χ3v) is 7.07. The van der Waals surface area contributed by atoms with E-state index >= 15 is 0 Å². The Hall–Kier alpha value is -4.20. The fourth-order valence-electron chi connectivity index (χ4n) is 5.52. The van der Waals surface area contributed by atoms with E-state index in [1.54, 1.807) is 17.8 Å². The van der Waals surface area contributed by atoms with E-state index in [1.165, 1.54) is 22.3 Å². The van der Waals surface area contributed by atoms with Gasteiger partial charge in [-0.2, -0.15) is 5.10 Å². The summed E-state index contributed by atoms with van der Waals surface area (Å²) < 4.78 is 1.56. The van der Waals surface area contributed by atoms with Gasteiger partial charge >= 0.3 is 0 Å². The maximum Gasteiger partial charge on any atom is 0.151 e. The average molecular weight is 462 g/mol. The van der Waals surface area contributed by atoms with E-state index < -0.39 is 0 Å². The van der Waals surface area contributed by atoms with Crippen LogP contribution in [0.15, 0.2) is 41.5 Å². The molecule has 0 atom stereocenters. The molecule has 2 aromatic carbocycles. The summed E-state index contributed by atoms with van der Waals surface area (Å²) in [6, 6.07) is 10.7. The molecular weight excluding hydrogens is 438 g/mol. The number of Topliss-reactive ketones (excluding diaryl/α,β-unsaturated/α-hetero) is 1. The molecular formula is C27H23N7O. The van der Waals surface area contributed by atoms with E-state index in [-0.39, 0.29) is 12.3 Å². The lowest BCUT2D eigenvalue weighted by Crippen LogP contribution is -2.08. The number of hydrogen-bond acceptors (Lipinski definition) is 6. The van der Waals surface area contributed by atoms with Crippen LogP contribution in [0.5, 0.6) is 0 Å². The summed E-state index contributed by atoms with van der Waals surface area (Å²) in [6.07, 6.45) is 8.09. The van der Waals surface area contributed by atoms with Crippen LogP contribution in [0.4, 0.5) is 0 Å². The van der Waals surface area contributed by atoms with Crippen LogP contribution in [0.25, 0.3) is 44.5 Å². The summed E-state index contributed by atoms with van der Waals surface area (Å²) in [5.74, 6) is 0.0300. The van der Waals surface area contributed by atoms with Gasteiger partial charge in [0, 0.05) is 22.6 Å². The van der Waals surface area contributed by atoms with E-state index in [9.17, 15) is 4.79 Å². The maximum absolute atomic E-state index is 11.5. The molecule has 172 valence electrons. The van der Waals surface area contributed by atoms with Crippen molar-refractivity contribution in [1.82, 2.24) is 30.2 Å². The van der Waals surface area contributed by atoms with Crippen LogP contribution in [-0.2, 0) is 30.7 Å². The van der Waals surface area contributed by atoms with E-state index in [0.717, 1.165) is 71.0 Å². The summed E-state index contributed by atoms with van der Waals surface area (Å²) in [6.45, 7) is 2.50. The minimum absolute atomic E-state index is 0.0300. The molecule has 35 heavy (non-hydrogen) atoms. The molecule has 1 aliphatic carbocycles. The highest BCUT2D eigenvalue weighted by molar-refractivity contribution is 6.13. The molecule has 8 nitrogen and oxygen atoms in total. The van der Waals surface area contributed by atoms with Crippen molar-refractivity contribution in [3.05, 3.63) is 58.8 Å². The lowest BCUT2D eigenvalue weighted by Gasteiger charge is -2.22. The topological polar surface area (TPSA) is 102 Å². The highest BCUT2D eigenvalue weighted by Crippen LogP contribution is 2.40. The van der Waals surface area contributed by atoms with Gasteiger partial charge in [-0.25, -0.2) is 9.67 Å². The Bertz CT molecular complexity index is 1690. The molecule has 7 rings (SSSR count). The van der Waals surface area contributed by atoms with Crippen LogP contribution in [0.2, 0.25) is 0 Å². The number of hydrogen-bond donors (Lipinski definition) is 1. The summed E-state index contributed by atoms with van der Waals surface area (Å²) in [5, 5.41) is 18.4. The van der Waals surface area contributed by atoms with Gasteiger partial charge in [0.15, 0.2) is 5.78 Å². The fraction of sp³-hybridized carbons (Fsp3) is 0.259. The van der Waals surface area contributed by atoms with Gasteiger partial charge < -0.3 is 0 Å². The molecule has 8 heteroatoms. The number of fused-ring (bicyclic) bond motifs is 6. The van der Waals surface area contributed by atoms with Crippen molar-refractivity contribution in [3.8, 4) is 22.6 Å². The Morgan fingerprint density at radius 1 is 1.06 bits per heavy atom. The molecule has 2 aliphatic rings. The normalized spacial score (nSPS) is 14.5. The van der Waals surface area contributed by atoms with Gasteiger partial charge in [-0.05, 0) is 73.1 Å². The number of aliphatic imine (C=N–C) groups is 1. The second-order valence-corrected chi connectivity index (χ2v) is 9.47. The van der Waals surface area contributed by atoms with Crippen LogP contribution < -0.4 is 0 Å². The van der Waals surface area contributed by atoms with E-state index in [0.29, 0.717) is 5.69 Å². The number of carbonyl (C=O) groups excluding carboxylic acids is 1. The zero-order valence-electron chi connectivity index (χ0n) is 19.4. The van der Waals surface area contributed by atoms with Crippen LogP contribution in [-0.4, -0.2) is 42.2 Å². The number of nitrogens with one attached hydrogen (secondary N) is 1. The van der Waals surface area contributed by atoms with Gasteiger partial charge in [-0.15, -0.1) is 5.10 Å². The molecule has 0 bridgehead atoms. The quantitative estimate of drug-likeness (QED) is 0.426. The summed E-state index contributed by atoms with van der Waals surface area (Å²) >= 11 is 0. The molecule has 1 aliphatic heterocycles. The number of benzene rings is 2. The summed E-state index contributed by atoms with van der Waals surface area (Å²) in [5.41, 5.74) is 10.7. The van der Waals surface area contributed by atoms with Gasteiger partial charge in [-0.3, -0.25) is 14.9 Å². The minimum Gasteiger partial charge on any atom is -0.298 e. The first kappa shape index (κ1) is 20.2. The smallest absolute Gasteiger partial charge is 0.151 e. The van der Waals surface area contributed by atoms with Crippen molar-refractivity contribution < 1.29 is 4.79 Å². The Morgan fingerprint density at radius 2 is 1.94 bits per heavy atom. The highest BCUT2D eigenvalue weighted by Gasteiger charge is 2.24. The van der Waals surface area contributed by atoms with Crippen molar-refractivity contribution in [3.63, 3.8) is 0 Å². The SMILES string of the molecule is CC(=O)Cn1cc(-c2n[nH]c3ccc4nc(-c5ccc6c(c5)C=NC6)c5c(c4c23)CCCC5)nn1. The predicted octanol–water partition coefficient (Wildman–Crippen LogP) is 4.44. The number of aromatic amines is 1. The number of aryl methyl sites for hydroxylation is 1. The molecule has 0 amide bonds. The number of nitrogens with zero attached hydrogens (tertiary/aromatic N) is 6. The largest absolute Gasteiger partial charge is 0.298 e. The molecule has 0 fully saturated rings. The molecule has 0 radical (unpaired) electrons. The Kier molecular flexibility index (Phi) is 4.42. The van der Waals surface area contributed by atoms with Gasteiger partial charge in [0.1, 0.15) is 17.9 Å². The lowest BCUT2D eigenvalue weighted by atomic mass is 9.85. The Morgan fingerprint density at radius 3 is 2.83 bits per heavy atom. The molecule has 0 spiro atoms. The van der Waals surface area contributed by atoms with Crippen molar-refractivity contribution in [1.29, 1.82) is 0 Å². The zero-order chi connectivity index (χ0) is 23.5. The van der Waals surface area contributed by atoms with E-state index in [4.69, 9.17) is 4.98 Å². The fourth-order valence-corrected chi connectivity index (χ4v) is 5.52. The standard InChI is InChI=1S/C27H23N7O/c1-15(35)13-34-14-23(31-33-34)27-25-22(30-32-27)9-8-21-24(25)19-4-2-3-5-20(19)26(29-21)16-6-7-17-11-28-12-18(17)10-16/h6-10,12,14H,2-5,11,13H2,1H3,(H,30,32). The van der Waals surface area contributed by atoms with Gasteiger partial charge in [0.05, 0.1) is 29.5 Å². The van der Waals surface area contributed by atoms with Crippen LogP contribution in [0, 0.1) is 0 Å².